The molecule has 1 amide bonds. The first-order chi connectivity index (χ1) is 16.1. The Morgan fingerprint density at radius 2 is 1.33 bits per heavy atom. The van der Waals surface area contributed by atoms with E-state index in [4.69, 9.17) is 0 Å². The van der Waals surface area contributed by atoms with Crippen LogP contribution in [0.2, 0.25) is 0 Å². The van der Waals surface area contributed by atoms with Gasteiger partial charge in [0.2, 0.25) is 10.0 Å². The number of aryl methyl sites for hydroxylation is 2. The van der Waals surface area contributed by atoms with Crippen LogP contribution in [0.1, 0.15) is 27.0 Å². The van der Waals surface area contributed by atoms with Gasteiger partial charge in [-0.05, 0) is 43.2 Å². The summed E-state index contributed by atoms with van der Waals surface area (Å²) in [5, 5.41) is 2.20. The number of carbonyl (C=O) groups is 1. The van der Waals surface area contributed by atoms with Crippen LogP contribution in [-0.4, -0.2) is 38.6 Å². The van der Waals surface area contributed by atoms with E-state index in [-0.39, 0.29) is 34.5 Å². The molecule has 0 radical (unpaired) electrons. The number of benzene rings is 2. The van der Waals surface area contributed by atoms with E-state index >= 15 is 0 Å². The second-order valence-electron chi connectivity index (χ2n) is 7.65. The van der Waals surface area contributed by atoms with Gasteiger partial charge < -0.3 is 5.32 Å². The summed E-state index contributed by atoms with van der Waals surface area (Å²) in [6.07, 6.45) is -17.7. The van der Waals surface area contributed by atoms with E-state index in [9.17, 15) is 57.1 Å². The summed E-state index contributed by atoms with van der Waals surface area (Å²) in [7, 11) is -4.88. The molecule has 2 aromatic carbocycles. The quantitative estimate of drug-likeness (QED) is 0.421. The van der Waals surface area contributed by atoms with Gasteiger partial charge in [-0.15, -0.1) is 0 Å². The first-order valence-electron chi connectivity index (χ1n) is 9.50. The number of hydrogen-bond donors (Lipinski definition) is 2. The van der Waals surface area contributed by atoms with Gasteiger partial charge in [0.1, 0.15) is 0 Å². The Morgan fingerprint density at radius 1 is 0.833 bits per heavy atom. The van der Waals surface area contributed by atoms with Crippen molar-refractivity contribution in [3.05, 3.63) is 58.7 Å². The van der Waals surface area contributed by atoms with Crippen molar-refractivity contribution in [1.29, 1.82) is 0 Å². The van der Waals surface area contributed by atoms with Gasteiger partial charge >= 0.3 is 24.2 Å². The van der Waals surface area contributed by atoms with E-state index in [1.54, 1.807) is 4.72 Å². The predicted octanol–water partition coefficient (Wildman–Crippen LogP) is 6.15. The van der Waals surface area contributed by atoms with Gasteiger partial charge in [0.05, 0.1) is 0 Å². The number of halogens is 10. The minimum Gasteiger partial charge on any atom is -0.322 e. The third-order valence-corrected chi connectivity index (χ3v) is 5.96. The van der Waals surface area contributed by atoms with Crippen molar-refractivity contribution < 1.29 is 57.1 Å². The third kappa shape index (κ3) is 6.39. The summed E-state index contributed by atoms with van der Waals surface area (Å²) in [5.74, 6) is -3.24. The van der Waals surface area contributed by atoms with Crippen molar-refractivity contribution in [3.8, 4) is 0 Å². The summed E-state index contributed by atoms with van der Waals surface area (Å²) in [4.78, 5) is 12.6. The van der Waals surface area contributed by atoms with E-state index in [2.05, 4.69) is 5.32 Å². The molecule has 0 aliphatic carbocycles. The fourth-order valence-electron chi connectivity index (χ4n) is 3.19. The number of carbonyl (C=O) groups excluding carboxylic acids is 1. The second-order valence-corrected chi connectivity index (χ2v) is 9.37. The Morgan fingerprint density at radius 3 is 1.78 bits per heavy atom. The Balaban J connectivity index is 2.37. The maximum atomic E-state index is 14.4. The van der Waals surface area contributed by atoms with Crippen LogP contribution in [0.4, 0.5) is 55.3 Å². The number of hydrogen-bond acceptors (Lipinski definition) is 3. The zero-order chi connectivity index (χ0) is 27.9. The molecule has 0 atom stereocenters. The topological polar surface area (TPSA) is 75.3 Å². The summed E-state index contributed by atoms with van der Waals surface area (Å²) >= 11 is 0. The molecule has 0 aliphatic rings. The van der Waals surface area contributed by atoms with Gasteiger partial charge in [-0.2, -0.15) is 39.5 Å². The molecular weight excluding hydrogens is 538 g/mol. The molecule has 0 unspecified atom stereocenters. The number of sulfonamides is 1. The smallest absolute Gasteiger partial charge is 0.322 e. The summed E-state index contributed by atoms with van der Waals surface area (Å²) < 4.78 is 155. The molecule has 0 heterocycles. The van der Waals surface area contributed by atoms with Crippen molar-refractivity contribution in [2.24, 2.45) is 0 Å². The van der Waals surface area contributed by atoms with E-state index in [1.807, 2.05) is 0 Å². The second kappa shape index (κ2) is 9.44. The molecular formula is C20H16F10N2O3S. The molecule has 0 spiro atoms. The number of amides is 1. The molecule has 2 aromatic rings. The first kappa shape index (κ1) is 29.2. The molecule has 36 heavy (non-hydrogen) atoms. The van der Waals surface area contributed by atoms with Gasteiger partial charge in [-0.3, -0.25) is 9.52 Å². The van der Waals surface area contributed by atoms with E-state index in [1.165, 1.54) is 0 Å². The van der Waals surface area contributed by atoms with Crippen LogP contribution >= 0.6 is 0 Å². The highest BCUT2D eigenvalue weighted by Crippen LogP contribution is 2.53. The fraction of sp³-hybridized carbons (Fsp3) is 0.350. The van der Waals surface area contributed by atoms with Crippen LogP contribution in [0.3, 0.4) is 0 Å². The average molecular weight is 554 g/mol. The van der Waals surface area contributed by atoms with Crippen LogP contribution in [0.25, 0.3) is 0 Å². The third-order valence-electron chi connectivity index (χ3n) is 4.70. The number of anilines is 2. The zero-order valence-electron chi connectivity index (χ0n) is 18.1. The first-order valence-corrected chi connectivity index (χ1v) is 11.2. The van der Waals surface area contributed by atoms with Crippen molar-refractivity contribution in [2.75, 3.05) is 15.8 Å². The largest absolute Gasteiger partial charge is 0.435 e. The van der Waals surface area contributed by atoms with Crippen molar-refractivity contribution in [1.82, 2.24) is 0 Å². The Labute approximate surface area is 197 Å². The normalized spacial score (nSPS) is 13.4. The van der Waals surface area contributed by atoms with E-state index in [0.717, 1.165) is 38.1 Å². The Kier molecular flexibility index (Phi) is 7.66. The lowest BCUT2D eigenvalue weighted by atomic mass is 9.90. The SMILES string of the molecule is Cc1cc(C(F)(C(F)(F)F)C(F)(F)F)cc(C)c1NC(=O)c1cccc(NS(=O)(=O)CC(F)(F)F)c1. The fourth-order valence-corrected chi connectivity index (χ4v) is 4.18. The van der Waals surface area contributed by atoms with Crippen molar-refractivity contribution >= 4 is 27.3 Å². The minimum atomic E-state index is -6.34. The van der Waals surface area contributed by atoms with E-state index in [0.29, 0.717) is 0 Å². The molecule has 0 aromatic heterocycles. The molecule has 0 fully saturated rings. The van der Waals surface area contributed by atoms with Gasteiger partial charge in [0, 0.05) is 22.5 Å². The van der Waals surface area contributed by atoms with Gasteiger partial charge in [0.25, 0.3) is 5.91 Å². The van der Waals surface area contributed by atoms with Gasteiger partial charge in [-0.1, -0.05) is 18.2 Å². The zero-order valence-corrected chi connectivity index (χ0v) is 18.9. The summed E-state index contributed by atoms with van der Waals surface area (Å²) in [6.45, 7) is 2.03. The van der Waals surface area contributed by atoms with Gasteiger partial charge in [0.15, 0.2) is 5.75 Å². The number of alkyl halides is 10. The lowest BCUT2D eigenvalue weighted by molar-refractivity contribution is -0.348. The molecule has 2 N–H and O–H groups in total. The molecule has 0 aliphatic heterocycles. The van der Waals surface area contributed by atoms with Crippen molar-refractivity contribution in [3.63, 3.8) is 0 Å². The maximum absolute atomic E-state index is 14.4. The molecule has 0 saturated heterocycles. The lowest BCUT2D eigenvalue weighted by Gasteiger charge is -2.31. The summed E-state index contributed by atoms with van der Waals surface area (Å²) in [5.41, 5.74) is -9.18. The van der Waals surface area contributed by atoms with Crippen molar-refractivity contribution in [2.45, 2.75) is 38.0 Å². The molecule has 200 valence electrons. The Hall–Kier alpha value is -3.04. The monoisotopic (exact) mass is 554 g/mol. The number of nitrogens with one attached hydrogen (secondary N) is 2. The van der Waals surface area contributed by atoms with Crippen LogP contribution < -0.4 is 10.0 Å². The Bertz CT molecular complexity index is 1210. The van der Waals surface area contributed by atoms with Crippen LogP contribution in [0.5, 0.6) is 0 Å². The minimum absolute atomic E-state index is 0.265. The van der Waals surface area contributed by atoms with Crippen LogP contribution in [0, 0.1) is 13.8 Å². The van der Waals surface area contributed by atoms with E-state index < -0.39 is 57.1 Å². The highest BCUT2D eigenvalue weighted by Gasteiger charge is 2.73. The molecule has 0 saturated carbocycles. The molecule has 16 heteroatoms. The molecule has 0 bridgehead atoms. The lowest BCUT2D eigenvalue weighted by Crippen LogP contribution is -2.50. The van der Waals surface area contributed by atoms with Crippen LogP contribution in [-0.2, 0) is 15.7 Å². The maximum Gasteiger partial charge on any atom is 0.435 e. The summed E-state index contributed by atoms with van der Waals surface area (Å²) in [6, 6.07) is 4.63. The highest BCUT2D eigenvalue weighted by molar-refractivity contribution is 7.92. The highest BCUT2D eigenvalue weighted by atomic mass is 32.2. The van der Waals surface area contributed by atoms with Gasteiger partial charge in [-0.25, -0.2) is 12.8 Å². The molecule has 5 nitrogen and oxygen atoms in total. The average Bonchev–Trinajstić information content (AvgIpc) is 2.65. The van der Waals surface area contributed by atoms with Crippen LogP contribution in [0.15, 0.2) is 36.4 Å². The standard InChI is InChI=1S/C20H16F10N2O3S/c1-10-6-13(18(24,19(25,26)27)20(28,29)30)7-11(2)15(10)31-16(33)12-4-3-5-14(8-12)32-36(34,35)9-17(21,22)23/h3-8,32H,9H2,1-2H3,(H,31,33). The predicted molar refractivity (Wildman–Crippen MR) is 109 cm³/mol. The number of rotatable bonds is 6. The molecule has 2 rings (SSSR count).